The lowest BCUT2D eigenvalue weighted by Crippen LogP contribution is -2.60. The Labute approximate surface area is 434 Å². The average molecular weight is 1040 g/mol. The number of nitrogens with one attached hydrogen (secondary N) is 9. The molecule has 8 amide bonds. The number of aliphatic imine (C=N–C) groups is 2. The second kappa shape index (κ2) is 29.9. The number of rotatable bonds is 18. The molecule has 1 fully saturated rings. The van der Waals surface area contributed by atoms with Crippen LogP contribution >= 0.6 is 0 Å². The lowest BCUT2D eigenvalue weighted by Gasteiger charge is -2.28. The van der Waals surface area contributed by atoms with Crippen LogP contribution in [0.2, 0.25) is 0 Å². The van der Waals surface area contributed by atoms with Crippen molar-refractivity contribution < 1.29 is 38.4 Å². The van der Waals surface area contributed by atoms with Crippen LogP contribution in [0.3, 0.4) is 0 Å². The van der Waals surface area contributed by atoms with Gasteiger partial charge in [-0.05, 0) is 87.2 Å². The van der Waals surface area contributed by atoms with E-state index in [0.717, 1.165) is 10.9 Å². The number of aromatic amines is 1. The average Bonchev–Trinajstić information content (AvgIpc) is 3.77. The zero-order valence-corrected chi connectivity index (χ0v) is 42.3. The summed E-state index contributed by atoms with van der Waals surface area (Å²) in [6.45, 7) is 5.25. The highest BCUT2D eigenvalue weighted by Gasteiger charge is 2.34. The van der Waals surface area contributed by atoms with Gasteiger partial charge in [-0.15, -0.1) is 0 Å². The van der Waals surface area contributed by atoms with E-state index < -0.39 is 89.6 Å². The number of guanidine groups is 2. The molecule has 0 radical (unpaired) electrons. The third kappa shape index (κ3) is 20.2. The molecule has 1 aromatic heterocycles. The molecule has 1 aliphatic heterocycles. The summed E-state index contributed by atoms with van der Waals surface area (Å²) >= 11 is 0. The monoisotopic (exact) mass is 1040 g/mol. The van der Waals surface area contributed by atoms with E-state index >= 15 is 0 Å². The number of fused-ring (bicyclic) bond motifs is 1. The summed E-state index contributed by atoms with van der Waals surface area (Å²) in [4.78, 5) is 123. The molecule has 26 heteroatoms. The van der Waals surface area contributed by atoms with Gasteiger partial charge in [0, 0.05) is 74.3 Å². The zero-order valence-electron chi connectivity index (χ0n) is 42.3. The fourth-order valence-corrected chi connectivity index (χ4v) is 8.20. The maximum Gasteiger partial charge on any atom is 0.243 e. The van der Waals surface area contributed by atoms with E-state index in [1.807, 2.05) is 24.3 Å². The van der Waals surface area contributed by atoms with Gasteiger partial charge in [0.15, 0.2) is 11.9 Å². The van der Waals surface area contributed by atoms with Crippen molar-refractivity contribution in [2.24, 2.45) is 44.4 Å². The fourth-order valence-electron chi connectivity index (χ4n) is 8.20. The molecular formula is C49H74N18O8. The Morgan fingerprint density at radius 2 is 1.32 bits per heavy atom. The number of para-hydroxylation sites is 1. The Hall–Kier alpha value is -8.42. The topological polar surface area (TPSA) is 455 Å². The van der Waals surface area contributed by atoms with Crippen molar-refractivity contribution in [3.05, 3.63) is 78.1 Å². The van der Waals surface area contributed by atoms with Crippen LogP contribution in [0.5, 0.6) is 0 Å². The van der Waals surface area contributed by atoms with Crippen LogP contribution in [-0.4, -0.2) is 133 Å². The van der Waals surface area contributed by atoms with E-state index in [1.54, 1.807) is 30.5 Å². The second-order valence-electron chi connectivity index (χ2n) is 18.2. The molecule has 2 heterocycles. The van der Waals surface area contributed by atoms with Crippen molar-refractivity contribution in [1.82, 2.24) is 47.5 Å². The molecule has 23 N–H and O–H groups in total. The number of hydrogen-bond donors (Lipinski definition) is 16. The summed E-state index contributed by atoms with van der Waals surface area (Å²) < 4.78 is 0. The number of amides is 8. The summed E-state index contributed by atoms with van der Waals surface area (Å²) in [7, 11) is 0. The van der Waals surface area contributed by atoms with E-state index in [9.17, 15) is 38.4 Å². The first-order valence-electron chi connectivity index (χ1n) is 24.7. The van der Waals surface area contributed by atoms with Crippen LogP contribution in [0, 0.1) is 0 Å². The minimum absolute atomic E-state index is 0.00504. The molecule has 26 nitrogen and oxygen atoms in total. The number of hydrogen-bond acceptors (Lipinski definition) is 13. The smallest absolute Gasteiger partial charge is 0.243 e. The highest BCUT2D eigenvalue weighted by atomic mass is 16.2. The van der Waals surface area contributed by atoms with Gasteiger partial charge in [-0.3, -0.25) is 48.3 Å². The number of aromatic nitrogens is 1. The molecule has 4 rings (SSSR count). The molecule has 0 unspecified atom stereocenters. The predicted molar refractivity (Wildman–Crippen MR) is 284 cm³/mol. The van der Waals surface area contributed by atoms with E-state index in [0.29, 0.717) is 16.8 Å². The number of anilines is 1. The maximum atomic E-state index is 14.6. The second-order valence-corrected chi connectivity index (χ2v) is 18.2. The van der Waals surface area contributed by atoms with Crippen molar-refractivity contribution in [2.45, 2.75) is 120 Å². The van der Waals surface area contributed by atoms with Crippen LogP contribution in [0.1, 0.15) is 75.8 Å². The molecule has 0 aliphatic carbocycles. The van der Waals surface area contributed by atoms with E-state index in [1.165, 1.54) is 6.92 Å². The first-order chi connectivity index (χ1) is 35.7. The summed E-state index contributed by atoms with van der Waals surface area (Å²) in [5.41, 5.74) is 42.7. The molecule has 1 saturated heterocycles. The van der Waals surface area contributed by atoms with Gasteiger partial charge in [0.1, 0.15) is 36.3 Å². The highest BCUT2D eigenvalue weighted by Crippen LogP contribution is 2.20. The summed E-state index contributed by atoms with van der Waals surface area (Å²) in [6, 6.07) is 5.08. The van der Waals surface area contributed by atoms with E-state index in [2.05, 4.69) is 64.1 Å². The van der Waals surface area contributed by atoms with Crippen molar-refractivity contribution >= 4 is 75.8 Å². The molecule has 3 aromatic rings. The van der Waals surface area contributed by atoms with Crippen molar-refractivity contribution in [2.75, 3.05) is 31.9 Å². The van der Waals surface area contributed by atoms with Crippen molar-refractivity contribution in [3.63, 3.8) is 0 Å². The summed E-state index contributed by atoms with van der Waals surface area (Å²) in [5.74, 6) is -6.14. The number of benzene rings is 2. The Bertz CT molecular complexity index is 2520. The predicted octanol–water partition coefficient (Wildman–Crippen LogP) is -3.43. The first-order valence-corrected chi connectivity index (χ1v) is 24.7. The SMILES string of the molecule is C=C(N)[C@@H]1CCCNC(=O)CC[C@H](NC(=O)[C@H](CCCN=C(N)N)NC(C)=O)C(=O)N[C@@H](CCN)C(=O)N[C@H](Cc2ccc(N)cc2)C(=O)N[C@@H](CCCN=C(N)N)C(=O)N[C@@H](Cc2c[nH]c3ccccc23)C(=O)N1. The molecule has 0 saturated carbocycles. The zero-order chi connectivity index (χ0) is 55.0. The number of nitrogen functional groups attached to an aromatic ring is 1. The van der Waals surface area contributed by atoms with Gasteiger partial charge in [-0.1, -0.05) is 36.9 Å². The Morgan fingerprint density at radius 1 is 0.733 bits per heavy atom. The minimum atomic E-state index is -1.45. The van der Waals surface area contributed by atoms with Crippen LogP contribution in [0.4, 0.5) is 5.69 Å². The summed E-state index contributed by atoms with van der Waals surface area (Å²) in [6.07, 6.45) is 1.82. The van der Waals surface area contributed by atoms with Crippen LogP contribution in [0.15, 0.2) is 77.0 Å². The lowest BCUT2D eigenvalue weighted by molar-refractivity contribution is -0.135. The molecule has 0 bridgehead atoms. The van der Waals surface area contributed by atoms with Gasteiger partial charge in [-0.2, -0.15) is 0 Å². The number of H-pyrrole nitrogens is 1. The van der Waals surface area contributed by atoms with Crippen LogP contribution < -0.4 is 82.7 Å². The van der Waals surface area contributed by atoms with Crippen LogP contribution in [0.25, 0.3) is 10.9 Å². The number of nitrogens with two attached hydrogens (primary N) is 7. The quantitative estimate of drug-likeness (QED) is 0.0255. The fraction of sp³-hybridized carbons (Fsp3) is 0.469. The molecule has 75 heavy (non-hydrogen) atoms. The van der Waals surface area contributed by atoms with Gasteiger partial charge in [-0.25, -0.2) is 0 Å². The number of nitrogens with zero attached hydrogens (tertiary/aromatic N) is 2. The third-order valence-electron chi connectivity index (χ3n) is 12.1. The Morgan fingerprint density at radius 3 is 1.96 bits per heavy atom. The Balaban J connectivity index is 1.77. The molecular weight excluding hydrogens is 969 g/mol. The van der Waals surface area contributed by atoms with Gasteiger partial charge >= 0.3 is 0 Å². The standard InChI is InChI=1S/C49H74N18O8/c1-27(51)33-10-5-21-57-41(69)18-17-37(64-42(70)35(61-28(2)68)11-6-22-58-48(53)54)44(72)65-38(19-20-50)45(73)66-39(24-29-13-15-31(52)16-14-29)46(74)63-36(12-7-23-59-49(55)56)43(71)67-40(47(75)62-33)25-30-26-60-34-9-4-3-8-32(30)34/h3-4,8-9,13-16,26,33,35-40,60H,1,5-7,10-12,17-25,50-52H2,2H3,(H,57,69)(H,61,68)(H,62,75)(H,63,74)(H,64,70)(H,65,72)(H,66,73)(H,67,71)(H4,53,54,58)(H4,55,56,59)/t33-,35-,36-,37-,38-,39+,40-/m0/s1. The lowest BCUT2D eigenvalue weighted by atomic mass is 10.0. The van der Waals surface area contributed by atoms with Crippen molar-refractivity contribution in [3.8, 4) is 0 Å². The Kier molecular flexibility index (Phi) is 23.6. The van der Waals surface area contributed by atoms with Gasteiger partial charge in [0.2, 0.25) is 47.3 Å². The van der Waals surface area contributed by atoms with E-state index in [-0.39, 0.29) is 114 Å². The minimum Gasteiger partial charge on any atom is -0.401 e. The summed E-state index contributed by atoms with van der Waals surface area (Å²) in [5, 5.41) is 22.6. The van der Waals surface area contributed by atoms with Gasteiger partial charge in [0.25, 0.3) is 0 Å². The molecule has 2 aromatic carbocycles. The number of carbonyl (C=O) groups is 8. The van der Waals surface area contributed by atoms with E-state index in [4.69, 9.17) is 40.1 Å². The van der Waals surface area contributed by atoms with Crippen LogP contribution in [-0.2, 0) is 51.2 Å². The molecule has 7 atom stereocenters. The largest absolute Gasteiger partial charge is 0.401 e. The molecule has 0 spiro atoms. The first kappa shape index (κ1) is 59.1. The molecule has 408 valence electrons. The van der Waals surface area contributed by atoms with Gasteiger partial charge in [0.05, 0.1) is 6.04 Å². The molecule has 1 aliphatic rings. The van der Waals surface area contributed by atoms with Gasteiger partial charge < -0.3 is 87.7 Å². The third-order valence-corrected chi connectivity index (χ3v) is 12.1. The van der Waals surface area contributed by atoms with Crippen molar-refractivity contribution in [1.29, 1.82) is 0 Å². The normalized spacial score (nSPS) is 21.1. The number of carbonyl (C=O) groups excluding carboxylic acids is 8. The maximum absolute atomic E-state index is 14.6. The highest BCUT2D eigenvalue weighted by molar-refractivity contribution is 5.97.